The maximum atomic E-state index is 10.7. The number of benzene rings is 1. The molecule has 1 heterocycles. The van der Waals surface area contributed by atoms with Gasteiger partial charge in [0.25, 0.3) is 0 Å². The molecular formula is C14H11Br2NO2. The summed E-state index contributed by atoms with van der Waals surface area (Å²) in [6, 6.07) is 5.47. The minimum absolute atomic E-state index is 0.423. The fourth-order valence-corrected chi connectivity index (χ4v) is 3.09. The number of aromatic nitrogens is 1. The van der Waals surface area contributed by atoms with Crippen LogP contribution in [0.1, 0.15) is 21.5 Å². The molecule has 2 aromatic rings. The molecule has 1 aromatic heterocycles. The predicted octanol–water partition coefficient (Wildman–Crippen LogP) is 4.31. The van der Waals surface area contributed by atoms with Gasteiger partial charge < -0.3 is 4.74 Å². The Hall–Kier alpha value is -1.20. The van der Waals surface area contributed by atoms with Gasteiger partial charge >= 0.3 is 0 Å². The van der Waals surface area contributed by atoms with E-state index in [2.05, 4.69) is 36.8 Å². The summed E-state index contributed by atoms with van der Waals surface area (Å²) in [5, 5.41) is 0. The highest BCUT2D eigenvalue weighted by Gasteiger charge is 2.09. The number of halogens is 2. The van der Waals surface area contributed by atoms with Gasteiger partial charge in [-0.05, 0) is 62.5 Å². The van der Waals surface area contributed by atoms with E-state index in [1.165, 1.54) is 0 Å². The molecule has 0 saturated heterocycles. The minimum atomic E-state index is 0.423. The van der Waals surface area contributed by atoms with E-state index in [0.717, 1.165) is 26.4 Å². The zero-order chi connectivity index (χ0) is 13.8. The van der Waals surface area contributed by atoms with Crippen molar-refractivity contribution in [1.82, 2.24) is 4.98 Å². The van der Waals surface area contributed by atoms with Gasteiger partial charge in [-0.3, -0.25) is 9.78 Å². The summed E-state index contributed by atoms with van der Waals surface area (Å²) in [5.41, 5.74) is 2.68. The Bertz CT molecular complexity index is 591. The van der Waals surface area contributed by atoms with Gasteiger partial charge in [-0.15, -0.1) is 0 Å². The molecule has 0 spiro atoms. The number of ether oxygens (including phenoxy) is 1. The third kappa shape index (κ3) is 3.64. The summed E-state index contributed by atoms with van der Waals surface area (Å²) in [5.74, 6) is 0.673. The minimum Gasteiger partial charge on any atom is -0.486 e. The molecule has 19 heavy (non-hydrogen) atoms. The van der Waals surface area contributed by atoms with Crippen LogP contribution in [0.15, 0.2) is 39.5 Å². The average Bonchev–Trinajstić information content (AvgIpc) is 2.37. The molecule has 0 aliphatic carbocycles. The van der Waals surface area contributed by atoms with Crippen LogP contribution in [0.4, 0.5) is 0 Å². The lowest BCUT2D eigenvalue weighted by Crippen LogP contribution is -1.98. The third-order valence-corrected chi connectivity index (χ3v) is 3.65. The van der Waals surface area contributed by atoms with Crippen LogP contribution in [0.5, 0.6) is 5.75 Å². The first kappa shape index (κ1) is 14.2. The summed E-state index contributed by atoms with van der Waals surface area (Å²) >= 11 is 6.79. The second-order valence-corrected chi connectivity index (χ2v) is 5.80. The second kappa shape index (κ2) is 6.30. The maximum Gasteiger partial charge on any atom is 0.150 e. The smallest absolute Gasteiger partial charge is 0.150 e. The zero-order valence-electron chi connectivity index (χ0n) is 10.2. The highest BCUT2D eigenvalue weighted by Crippen LogP contribution is 2.34. The van der Waals surface area contributed by atoms with E-state index in [0.29, 0.717) is 17.9 Å². The average molecular weight is 385 g/mol. The molecule has 0 aliphatic rings. The molecule has 0 radical (unpaired) electrons. The van der Waals surface area contributed by atoms with E-state index in [9.17, 15) is 4.79 Å². The third-order valence-electron chi connectivity index (χ3n) is 2.47. The number of rotatable bonds is 4. The standard InChI is InChI=1S/C14H11Br2NO2/c1-9-2-11(6-17-5-9)8-19-14-12(15)3-10(7-18)4-13(14)16/h2-7H,8H2,1H3. The number of carbonyl (C=O) groups excluding carboxylic acids is 1. The molecule has 1 aromatic carbocycles. The maximum absolute atomic E-state index is 10.7. The summed E-state index contributed by atoms with van der Waals surface area (Å²) in [6.07, 6.45) is 4.37. The highest BCUT2D eigenvalue weighted by atomic mass is 79.9. The summed E-state index contributed by atoms with van der Waals surface area (Å²) < 4.78 is 7.24. The van der Waals surface area contributed by atoms with Gasteiger partial charge in [-0.25, -0.2) is 0 Å². The van der Waals surface area contributed by atoms with Crippen LogP contribution >= 0.6 is 31.9 Å². The van der Waals surface area contributed by atoms with Crippen LogP contribution in [0.2, 0.25) is 0 Å². The van der Waals surface area contributed by atoms with E-state index < -0.39 is 0 Å². The molecule has 0 unspecified atom stereocenters. The van der Waals surface area contributed by atoms with Crippen LogP contribution in [-0.4, -0.2) is 11.3 Å². The van der Waals surface area contributed by atoms with Gasteiger partial charge in [0.15, 0.2) is 0 Å². The summed E-state index contributed by atoms with van der Waals surface area (Å²) in [4.78, 5) is 14.9. The summed E-state index contributed by atoms with van der Waals surface area (Å²) in [7, 11) is 0. The lowest BCUT2D eigenvalue weighted by Gasteiger charge is -2.11. The van der Waals surface area contributed by atoms with Crippen molar-refractivity contribution in [3.63, 3.8) is 0 Å². The number of carbonyl (C=O) groups is 1. The van der Waals surface area contributed by atoms with E-state index in [-0.39, 0.29) is 0 Å². The SMILES string of the molecule is Cc1cncc(COc2c(Br)cc(C=O)cc2Br)c1. The van der Waals surface area contributed by atoms with Crippen LogP contribution in [0.25, 0.3) is 0 Å². The van der Waals surface area contributed by atoms with Crippen LogP contribution < -0.4 is 4.74 Å². The lowest BCUT2D eigenvalue weighted by atomic mass is 10.2. The number of hydrogen-bond acceptors (Lipinski definition) is 3. The van der Waals surface area contributed by atoms with Crippen molar-refractivity contribution in [2.45, 2.75) is 13.5 Å². The highest BCUT2D eigenvalue weighted by molar-refractivity contribution is 9.11. The number of aryl methyl sites for hydroxylation is 1. The Morgan fingerprint density at radius 3 is 2.47 bits per heavy atom. The first-order valence-electron chi connectivity index (χ1n) is 5.57. The van der Waals surface area contributed by atoms with E-state index in [4.69, 9.17) is 4.74 Å². The monoisotopic (exact) mass is 383 g/mol. The molecule has 0 atom stereocenters. The molecule has 5 heteroatoms. The molecule has 0 fully saturated rings. The fourth-order valence-electron chi connectivity index (χ4n) is 1.64. The lowest BCUT2D eigenvalue weighted by molar-refractivity contribution is 0.112. The zero-order valence-corrected chi connectivity index (χ0v) is 13.4. The molecule has 0 bridgehead atoms. The number of hydrogen-bond donors (Lipinski definition) is 0. The van der Waals surface area contributed by atoms with E-state index in [1.807, 2.05) is 13.0 Å². The van der Waals surface area contributed by atoms with Crippen molar-refractivity contribution >= 4 is 38.1 Å². The summed E-state index contributed by atoms with van der Waals surface area (Å²) in [6.45, 7) is 2.41. The molecule has 2 rings (SSSR count). The van der Waals surface area contributed by atoms with Crippen molar-refractivity contribution in [3.05, 3.63) is 56.2 Å². The van der Waals surface area contributed by atoms with E-state index in [1.54, 1.807) is 24.5 Å². The second-order valence-electron chi connectivity index (χ2n) is 4.09. The molecular weight excluding hydrogens is 374 g/mol. The Morgan fingerprint density at radius 2 is 1.89 bits per heavy atom. The molecule has 0 amide bonds. The van der Waals surface area contributed by atoms with E-state index >= 15 is 0 Å². The van der Waals surface area contributed by atoms with Gasteiger partial charge in [0, 0.05) is 23.5 Å². The first-order chi connectivity index (χ1) is 9.10. The number of pyridine rings is 1. The molecule has 0 saturated carbocycles. The first-order valence-corrected chi connectivity index (χ1v) is 7.16. The molecule has 98 valence electrons. The van der Waals surface area contributed by atoms with Gasteiger partial charge in [0.2, 0.25) is 0 Å². The van der Waals surface area contributed by atoms with Crippen LogP contribution in [0.3, 0.4) is 0 Å². The number of aldehydes is 1. The Kier molecular flexibility index (Phi) is 4.71. The Balaban J connectivity index is 2.18. The van der Waals surface area contributed by atoms with Gasteiger partial charge in [-0.2, -0.15) is 0 Å². The fraction of sp³-hybridized carbons (Fsp3) is 0.143. The Labute approximate surface area is 128 Å². The van der Waals surface area contributed by atoms with Crippen LogP contribution in [-0.2, 0) is 6.61 Å². The van der Waals surface area contributed by atoms with Gasteiger partial charge in [-0.1, -0.05) is 0 Å². The van der Waals surface area contributed by atoms with Crippen molar-refractivity contribution in [1.29, 1.82) is 0 Å². The van der Waals surface area contributed by atoms with Crippen molar-refractivity contribution < 1.29 is 9.53 Å². The predicted molar refractivity (Wildman–Crippen MR) is 80.5 cm³/mol. The molecule has 0 N–H and O–H groups in total. The Morgan fingerprint density at radius 1 is 1.21 bits per heavy atom. The quantitative estimate of drug-likeness (QED) is 0.737. The van der Waals surface area contributed by atoms with Gasteiger partial charge in [0.05, 0.1) is 8.95 Å². The normalized spacial score (nSPS) is 10.3. The van der Waals surface area contributed by atoms with Crippen LogP contribution in [0, 0.1) is 6.92 Å². The molecule has 3 nitrogen and oxygen atoms in total. The topological polar surface area (TPSA) is 39.2 Å². The van der Waals surface area contributed by atoms with Gasteiger partial charge in [0.1, 0.15) is 18.6 Å². The largest absolute Gasteiger partial charge is 0.486 e. The van der Waals surface area contributed by atoms with Crippen molar-refractivity contribution in [3.8, 4) is 5.75 Å². The number of nitrogens with zero attached hydrogens (tertiary/aromatic N) is 1. The van der Waals surface area contributed by atoms with Crippen molar-refractivity contribution in [2.75, 3.05) is 0 Å². The molecule has 0 aliphatic heterocycles. The van der Waals surface area contributed by atoms with Crippen molar-refractivity contribution in [2.24, 2.45) is 0 Å².